The molecule has 0 heterocycles. The predicted molar refractivity (Wildman–Crippen MR) is 74.9 cm³/mol. The van der Waals surface area contributed by atoms with E-state index in [4.69, 9.17) is 0 Å². The van der Waals surface area contributed by atoms with Crippen LogP contribution in [0.15, 0.2) is 24.3 Å². The highest BCUT2D eigenvalue weighted by molar-refractivity contribution is 14.1. The first-order valence-corrected chi connectivity index (χ1v) is 6.97. The summed E-state index contributed by atoms with van der Waals surface area (Å²) in [5, 5.41) is 12.5. The van der Waals surface area contributed by atoms with Gasteiger partial charge in [-0.2, -0.15) is 0 Å². The van der Waals surface area contributed by atoms with Crippen molar-refractivity contribution in [2.75, 3.05) is 0 Å². The number of rotatable bonds is 2. The van der Waals surface area contributed by atoms with Crippen molar-refractivity contribution in [1.29, 1.82) is 0 Å². The second-order valence-corrected chi connectivity index (χ2v) is 5.74. The van der Waals surface area contributed by atoms with Crippen molar-refractivity contribution in [3.8, 4) is 0 Å². The molecule has 92 valence electrons. The molecule has 3 nitrogen and oxygen atoms in total. The molecule has 1 fully saturated rings. The number of aliphatic hydroxyl groups is 1. The van der Waals surface area contributed by atoms with Gasteiger partial charge in [0.25, 0.3) is 5.91 Å². The van der Waals surface area contributed by atoms with Gasteiger partial charge in [-0.05, 0) is 72.5 Å². The van der Waals surface area contributed by atoms with Crippen molar-refractivity contribution < 1.29 is 9.90 Å². The molecule has 1 aromatic rings. The van der Waals surface area contributed by atoms with Crippen LogP contribution in [0.5, 0.6) is 0 Å². The minimum atomic E-state index is -0.259. The number of amides is 1. The van der Waals surface area contributed by atoms with E-state index in [0.717, 1.165) is 22.8 Å². The first-order chi connectivity index (χ1) is 8.15. The molecular formula is C13H16INO2. The summed E-state index contributed by atoms with van der Waals surface area (Å²) < 4.78 is 1.12. The zero-order valence-corrected chi connectivity index (χ0v) is 11.7. The van der Waals surface area contributed by atoms with Crippen LogP contribution in [0.3, 0.4) is 0 Å². The van der Waals surface area contributed by atoms with Gasteiger partial charge in [-0.1, -0.05) is 0 Å². The Bertz CT molecular complexity index is 391. The number of hydrogen-bond acceptors (Lipinski definition) is 2. The third-order valence-electron chi connectivity index (χ3n) is 3.09. The summed E-state index contributed by atoms with van der Waals surface area (Å²) in [4.78, 5) is 11.9. The van der Waals surface area contributed by atoms with E-state index in [-0.39, 0.29) is 18.1 Å². The average Bonchev–Trinajstić information content (AvgIpc) is 2.29. The van der Waals surface area contributed by atoms with Crippen LogP contribution >= 0.6 is 22.6 Å². The van der Waals surface area contributed by atoms with E-state index in [0.29, 0.717) is 12.0 Å². The van der Waals surface area contributed by atoms with Crippen molar-refractivity contribution in [3.05, 3.63) is 33.4 Å². The fourth-order valence-electron chi connectivity index (χ4n) is 2.17. The maximum Gasteiger partial charge on any atom is 0.251 e. The first-order valence-electron chi connectivity index (χ1n) is 5.89. The minimum Gasteiger partial charge on any atom is -0.393 e. The fraction of sp³-hybridized carbons (Fsp3) is 0.462. The number of benzene rings is 1. The van der Waals surface area contributed by atoms with Gasteiger partial charge in [0.2, 0.25) is 0 Å². The fourth-order valence-corrected chi connectivity index (χ4v) is 2.52. The third-order valence-corrected chi connectivity index (χ3v) is 3.81. The number of hydrogen-bond donors (Lipinski definition) is 2. The highest BCUT2D eigenvalue weighted by Crippen LogP contribution is 2.18. The van der Waals surface area contributed by atoms with Crippen LogP contribution in [0.4, 0.5) is 0 Å². The van der Waals surface area contributed by atoms with Gasteiger partial charge in [0.1, 0.15) is 0 Å². The summed E-state index contributed by atoms with van der Waals surface area (Å²) in [6, 6.07) is 7.62. The topological polar surface area (TPSA) is 49.3 Å². The van der Waals surface area contributed by atoms with Crippen LogP contribution in [0.1, 0.15) is 36.0 Å². The van der Waals surface area contributed by atoms with Gasteiger partial charge in [-0.3, -0.25) is 4.79 Å². The van der Waals surface area contributed by atoms with Crippen LogP contribution in [0.2, 0.25) is 0 Å². The molecule has 1 aliphatic rings. The van der Waals surface area contributed by atoms with Crippen LogP contribution < -0.4 is 5.32 Å². The summed E-state index contributed by atoms with van der Waals surface area (Å²) in [5.74, 6) is -0.0412. The Balaban J connectivity index is 1.94. The number of carbonyl (C=O) groups is 1. The zero-order chi connectivity index (χ0) is 12.3. The van der Waals surface area contributed by atoms with Gasteiger partial charge in [0, 0.05) is 15.2 Å². The monoisotopic (exact) mass is 345 g/mol. The normalized spacial score (nSPS) is 24.4. The summed E-state index contributed by atoms with van der Waals surface area (Å²) in [6.45, 7) is 0. The Morgan fingerprint density at radius 3 is 2.65 bits per heavy atom. The highest BCUT2D eigenvalue weighted by atomic mass is 127. The van der Waals surface area contributed by atoms with Crippen LogP contribution in [0, 0.1) is 3.57 Å². The largest absolute Gasteiger partial charge is 0.393 e. The Hall–Kier alpha value is -0.620. The smallest absolute Gasteiger partial charge is 0.251 e. The van der Waals surface area contributed by atoms with Crippen molar-refractivity contribution >= 4 is 28.5 Å². The standard InChI is InChI=1S/C13H16INO2/c14-10-6-4-9(5-7-10)13(17)15-11-2-1-3-12(16)8-11/h4-7,11-12,16H,1-3,8H2,(H,15,17). The Morgan fingerprint density at radius 2 is 2.00 bits per heavy atom. The van der Waals surface area contributed by atoms with Crippen molar-refractivity contribution in [2.45, 2.75) is 37.8 Å². The number of carbonyl (C=O) groups excluding carboxylic acids is 1. The van der Waals surface area contributed by atoms with E-state index < -0.39 is 0 Å². The molecule has 17 heavy (non-hydrogen) atoms. The Morgan fingerprint density at radius 1 is 1.29 bits per heavy atom. The molecule has 0 spiro atoms. The second kappa shape index (κ2) is 5.82. The molecular weight excluding hydrogens is 329 g/mol. The van der Waals surface area contributed by atoms with Gasteiger partial charge < -0.3 is 10.4 Å². The lowest BCUT2D eigenvalue weighted by atomic mass is 9.93. The SMILES string of the molecule is O=C(NC1CCCC(O)C1)c1ccc(I)cc1. The van der Waals surface area contributed by atoms with E-state index >= 15 is 0 Å². The van der Waals surface area contributed by atoms with Gasteiger partial charge in [0.15, 0.2) is 0 Å². The Kier molecular flexibility index (Phi) is 4.39. The molecule has 4 heteroatoms. The summed E-state index contributed by atoms with van der Waals surface area (Å²) in [7, 11) is 0. The molecule has 0 aliphatic heterocycles. The van der Waals surface area contributed by atoms with Crippen LogP contribution in [-0.2, 0) is 0 Å². The van der Waals surface area contributed by atoms with E-state index in [1.807, 2.05) is 24.3 Å². The van der Waals surface area contributed by atoms with Crippen LogP contribution in [0.25, 0.3) is 0 Å². The third kappa shape index (κ3) is 3.67. The first kappa shape index (κ1) is 12.8. The van der Waals surface area contributed by atoms with E-state index in [1.165, 1.54) is 0 Å². The molecule has 0 radical (unpaired) electrons. The average molecular weight is 345 g/mol. The molecule has 2 rings (SSSR count). The van der Waals surface area contributed by atoms with Gasteiger partial charge >= 0.3 is 0 Å². The van der Waals surface area contributed by atoms with Gasteiger partial charge in [-0.25, -0.2) is 0 Å². The lowest BCUT2D eigenvalue weighted by molar-refractivity contribution is 0.0850. The maximum atomic E-state index is 11.9. The zero-order valence-electron chi connectivity index (χ0n) is 9.53. The van der Waals surface area contributed by atoms with Gasteiger partial charge in [0.05, 0.1) is 6.10 Å². The van der Waals surface area contributed by atoms with E-state index in [9.17, 15) is 9.90 Å². The molecule has 2 N–H and O–H groups in total. The molecule has 1 aromatic carbocycles. The Labute approximate surface area is 115 Å². The number of aliphatic hydroxyl groups excluding tert-OH is 1. The molecule has 1 aliphatic carbocycles. The molecule has 0 aromatic heterocycles. The summed E-state index contributed by atoms with van der Waals surface area (Å²) in [5.41, 5.74) is 0.686. The number of halogens is 1. The van der Waals surface area contributed by atoms with Crippen LogP contribution in [-0.4, -0.2) is 23.2 Å². The predicted octanol–water partition coefficient (Wildman–Crippen LogP) is 2.32. The lowest BCUT2D eigenvalue weighted by Crippen LogP contribution is -2.39. The molecule has 2 atom stereocenters. The molecule has 1 amide bonds. The van der Waals surface area contributed by atoms with Crippen molar-refractivity contribution in [1.82, 2.24) is 5.32 Å². The molecule has 0 bridgehead atoms. The van der Waals surface area contributed by atoms with Gasteiger partial charge in [-0.15, -0.1) is 0 Å². The minimum absolute atomic E-state index is 0.0412. The number of nitrogens with one attached hydrogen (secondary N) is 1. The molecule has 0 saturated heterocycles. The maximum absolute atomic E-state index is 11.9. The quantitative estimate of drug-likeness (QED) is 0.809. The molecule has 2 unspecified atom stereocenters. The van der Waals surface area contributed by atoms with Crippen molar-refractivity contribution in [2.24, 2.45) is 0 Å². The lowest BCUT2D eigenvalue weighted by Gasteiger charge is -2.26. The summed E-state index contributed by atoms with van der Waals surface area (Å²) in [6.07, 6.45) is 3.23. The van der Waals surface area contributed by atoms with E-state index in [2.05, 4.69) is 27.9 Å². The van der Waals surface area contributed by atoms with Crippen molar-refractivity contribution in [3.63, 3.8) is 0 Å². The second-order valence-electron chi connectivity index (χ2n) is 4.50. The highest BCUT2D eigenvalue weighted by Gasteiger charge is 2.21. The van der Waals surface area contributed by atoms with E-state index in [1.54, 1.807) is 0 Å². The molecule has 1 saturated carbocycles. The summed E-state index contributed by atoms with van der Waals surface area (Å²) >= 11 is 2.21.